The smallest absolute Gasteiger partial charge is 0.262 e. The Kier molecular flexibility index (Phi) is 7.38. The van der Waals surface area contributed by atoms with Crippen molar-refractivity contribution in [1.82, 2.24) is 10.7 Å². The molecule has 8 heteroatoms. The number of methoxy groups -OCH3 is 2. The number of hydrogen-bond donors (Lipinski definition) is 3. The second-order valence-electron chi connectivity index (χ2n) is 5.98. The average Bonchev–Trinajstić information content (AvgIpc) is 2.69. The number of hydrazone groups is 1. The molecule has 28 heavy (non-hydrogen) atoms. The highest BCUT2D eigenvalue weighted by molar-refractivity contribution is 5.89. The van der Waals surface area contributed by atoms with Crippen LogP contribution in [-0.4, -0.2) is 43.4 Å². The zero-order chi connectivity index (χ0) is 20.5. The number of phenols is 1. The van der Waals surface area contributed by atoms with Gasteiger partial charge in [0.1, 0.15) is 11.8 Å². The van der Waals surface area contributed by atoms with E-state index >= 15 is 0 Å². The molecule has 0 saturated heterocycles. The third-order valence-corrected chi connectivity index (χ3v) is 3.89. The molecule has 0 saturated carbocycles. The predicted octanol–water partition coefficient (Wildman–Crippen LogP) is 1.61. The van der Waals surface area contributed by atoms with Gasteiger partial charge in [-0.25, -0.2) is 5.43 Å². The Bertz CT molecular complexity index is 849. The number of aromatic hydroxyl groups is 1. The van der Waals surface area contributed by atoms with Crippen LogP contribution in [0.1, 0.15) is 18.1 Å². The van der Waals surface area contributed by atoms with E-state index in [-0.39, 0.29) is 18.1 Å². The van der Waals surface area contributed by atoms with Gasteiger partial charge in [-0.05, 0) is 48.4 Å². The van der Waals surface area contributed by atoms with Crippen LogP contribution in [0.15, 0.2) is 47.6 Å². The molecule has 0 radical (unpaired) electrons. The van der Waals surface area contributed by atoms with Gasteiger partial charge in [-0.2, -0.15) is 5.10 Å². The summed E-state index contributed by atoms with van der Waals surface area (Å²) in [4.78, 5) is 24.1. The maximum absolute atomic E-state index is 12.1. The van der Waals surface area contributed by atoms with Gasteiger partial charge in [-0.15, -0.1) is 0 Å². The van der Waals surface area contributed by atoms with Crippen molar-refractivity contribution < 1.29 is 24.2 Å². The van der Waals surface area contributed by atoms with E-state index in [2.05, 4.69) is 15.8 Å². The molecule has 2 rings (SSSR count). The SMILES string of the molecule is COc1ccc(CC(=O)NC(C)C(=O)NN=Cc2ccc(O)c(OC)c2)cc1. The van der Waals surface area contributed by atoms with E-state index in [0.29, 0.717) is 17.1 Å². The van der Waals surface area contributed by atoms with Crippen LogP contribution >= 0.6 is 0 Å². The van der Waals surface area contributed by atoms with Gasteiger partial charge in [0, 0.05) is 0 Å². The van der Waals surface area contributed by atoms with Crippen molar-refractivity contribution in [1.29, 1.82) is 0 Å². The first-order valence-electron chi connectivity index (χ1n) is 8.55. The van der Waals surface area contributed by atoms with E-state index < -0.39 is 11.9 Å². The normalized spacial score (nSPS) is 11.7. The Balaban J connectivity index is 1.83. The molecule has 0 aromatic heterocycles. The molecule has 1 atom stereocenters. The minimum atomic E-state index is -0.753. The molecule has 0 bridgehead atoms. The summed E-state index contributed by atoms with van der Waals surface area (Å²) in [5.41, 5.74) is 3.80. The fourth-order valence-electron chi connectivity index (χ4n) is 2.33. The summed E-state index contributed by atoms with van der Waals surface area (Å²) in [5.74, 6) is 0.289. The number of ether oxygens (including phenoxy) is 2. The van der Waals surface area contributed by atoms with Crippen molar-refractivity contribution in [3.63, 3.8) is 0 Å². The van der Waals surface area contributed by atoms with Crippen LogP contribution in [0.4, 0.5) is 0 Å². The molecule has 0 spiro atoms. The molecule has 0 aliphatic carbocycles. The number of nitrogens with one attached hydrogen (secondary N) is 2. The van der Waals surface area contributed by atoms with Crippen LogP contribution < -0.4 is 20.2 Å². The molecular weight excluding hydrogens is 362 g/mol. The molecule has 2 amide bonds. The predicted molar refractivity (Wildman–Crippen MR) is 105 cm³/mol. The highest BCUT2D eigenvalue weighted by Crippen LogP contribution is 2.25. The molecule has 1 unspecified atom stereocenters. The summed E-state index contributed by atoms with van der Waals surface area (Å²) in [5, 5.41) is 16.0. The Labute approximate surface area is 163 Å². The van der Waals surface area contributed by atoms with Crippen LogP contribution in [-0.2, 0) is 16.0 Å². The fraction of sp³-hybridized carbons (Fsp3) is 0.250. The number of nitrogens with zero attached hydrogens (tertiary/aromatic N) is 1. The van der Waals surface area contributed by atoms with Crippen LogP contribution in [0.25, 0.3) is 0 Å². The maximum Gasteiger partial charge on any atom is 0.262 e. The maximum atomic E-state index is 12.1. The topological polar surface area (TPSA) is 109 Å². The summed E-state index contributed by atoms with van der Waals surface area (Å²) in [6.45, 7) is 1.57. The van der Waals surface area contributed by atoms with Gasteiger partial charge < -0.3 is 19.9 Å². The van der Waals surface area contributed by atoms with Crippen LogP contribution in [0, 0.1) is 0 Å². The minimum absolute atomic E-state index is 0.0110. The monoisotopic (exact) mass is 385 g/mol. The first-order valence-corrected chi connectivity index (χ1v) is 8.55. The molecular formula is C20H23N3O5. The Morgan fingerprint density at radius 3 is 2.50 bits per heavy atom. The third kappa shape index (κ3) is 6.01. The lowest BCUT2D eigenvalue weighted by Gasteiger charge is -2.12. The molecule has 148 valence electrons. The van der Waals surface area contributed by atoms with Crippen LogP contribution in [0.5, 0.6) is 17.2 Å². The Morgan fingerprint density at radius 2 is 1.86 bits per heavy atom. The van der Waals surface area contributed by atoms with Crippen molar-refractivity contribution in [3.05, 3.63) is 53.6 Å². The van der Waals surface area contributed by atoms with E-state index in [1.807, 2.05) is 0 Å². The highest BCUT2D eigenvalue weighted by Gasteiger charge is 2.15. The van der Waals surface area contributed by atoms with Crippen molar-refractivity contribution >= 4 is 18.0 Å². The lowest BCUT2D eigenvalue weighted by atomic mass is 10.1. The Hall–Kier alpha value is -3.55. The van der Waals surface area contributed by atoms with Gasteiger partial charge in [0.2, 0.25) is 5.91 Å². The van der Waals surface area contributed by atoms with Gasteiger partial charge in [-0.1, -0.05) is 12.1 Å². The number of carbonyl (C=O) groups is 2. The van der Waals surface area contributed by atoms with E-state index in [1.165, 1.54) is 19.4 Å². The molecule has 2 aromatic rings. The first kappa shape index (κ1) is 20.8. The van der Waals surface area contributed by atoms with Crippen molar-refractivity contribution in [3.8, 4) is 17.2 Å². The van der Waals surface area contributed by atoms with Crippen LogP contribution in [0.3, 0.4) is 0 Å². The molecule has 3 N–H and O–H groups in total. The number of phenolic OH excluding ortho intramolecular Hbond substituents is 1. The third-order valence-electron chi connectivity index (χ3n) is 3.89. The van der Waals surface area contributed by atoms with Gasteiger partial charge in [0.15, 0.2) is 11.5 Å². The summed E-state index contributed by atoms with van der Waals surface area (Å²) < 4.78 is 10.1. The van der Waals surface area contributed by atoms with E-state index in [0.717, 1.165) is 5.56 Å². The van der Waals surface area contributed by atoms with Crippen LogP contribution in [0.2, 0.25) is 0 Å². The number of rotatable bonds is 8. The largest absolute Gasteiger partial charge is 0.504 e. The summed E-state index contributed by atoms with van der Waals surface area (Å²) >= 11 is 0. The fourth-order valence-corrected chi connectivity index (χ4v) is 2.33. The second-order valence-corrected chi connectivity index (χ2v) is 5.98. The number of benzene rings is 2. The molecule has 0 fully saturated rings. The zero-order valence-corrected chi connectivity index (χ0v) is 15.9. The molecule has 0 heterocycles. The van der Waals surface area contributed by atoms with Gasteiger partial charge >= 0.3 is 0 Å². The Morgan fingerprint density at radius 1 is 1.14 bits per heavy atom. The summed E-state index contributed by atoms with van der Waals surface area (Å²) in [6, 6.07) is 11.0. The van der Waals surface area contributed by atoms with E-state index in [1.54, 1.807) is 50.4 Å². The first-order chi connectivity index (χ1) is 13.4. The summed E-state index contributed by atoms with van der Waals surface area (Å²) in [7, 11) is 3.01. The van der Waals surface area contributed by atoms with Crippen molar-refractivity contribution in [2.75, 3.05) is 14.2 Å². The van der Waals surface area contributed by atoms with Gasteiger partial charge in [0.05, 0.1) is 26.9 Å². The van der Waals surface area contributed by atoms with Crippen molar-refractivity contribution in [2.45, 2.75) is 19.4 Å². The van der Waals surface area contributed by atoms with Gasteiger partial charge in [-0.3, -0.25) is 9.59 Å². The molecule has 0 aliphatic rings. The zero-order valence-electron chi connectivity index (χ0n) is 15.9. The number of hydrogen-bond acceptors (Lipinski definition) is 6. The van der Waals surface area contributed by atoms with Crippen molar-refractivity contribution in [2.24, 2.45) is 5.10 Å². The standard InChI is InChI=1S/C20H23N3O5/c1-13(22-19(25)11-14-4-7-16(27-2)8-5-14)20(26)23-21-12-15-6-9-17(24)18(10-15)28-3/h4-10,12-13,24H,11H2,1-3H3,(H,22,25)(H,23,26). The van der Waals surface area contributed by atoms with E-state index in [9.17, 15) is 14.7 Å². The lowest BCUT2D eigenvalue weighted by Crippen LogP contribution is -2.43. The second kappa shape index (κ2) is 9.96. The lowest BCUT2D eigenvalue weighted by molar-refractivity contribution is -0.128. The molecule has 8 nitrogen and oxygen atoms in total. The highest BCUT2D eigenvalue weighted by atomic mass is 16.5. The quantitative estimate of drug-likeness (QED) is 0.472. The summed E-state index contributed by atoms with van der Waals surface area (Å²) in [6.07, 6.45) is 1.56. The van der Waals surface area contributed by atoms with E-state index in [4.69, 9.17) is 9.47 Å². The average molecular weight is 385 g/mol. The molecule has 2 aromatic carbocycles. The number of carbonyl (C=O) groups excluding carboxylic acids is 2. The number of amides is 2. The minimum Gasteiger partial charge on any atom is -0.504 e. The van der Waals surface area contributed by atoms with Gasteiger partial charge in [0.25, 0.3) is 5.91 Å². The molecule has 0 aliphatic heterocycles.